The second kappa shape index (κ2) is 9.37. The Morgan fingerprint density at radius 2 is 2.10 bits per heavy atom. The van der Waals surface area contributed by atoms with Gasteiger partial charge in [0.1, 0.15) is 12.4 Å². The maximum absolute atomic E-state index is 11.9. The molecule has 0 unspecified atom stereocenters. The number of amides is 1. The van der Waals surface area contributed by atoms with Crippen LogP contribution in [0.1, 0.15) is 25.8 Å². The molecule has 3 N–H and O–H groups in total. The third kappa shape index (κ3) is 7.11. The molecule has 0 aromatic heterocycles. The number of carbonyl (C=O) groups excluding carboxylic acids is 1. The van der Waals surface area contributed by atoms with Crippen LogP contribution in [-0.4, -0.2) is 32.3 Å². The smallest absolute Gasteiger partial charge is 0.237 e. The van der Waals surface area contributed by atoms with Crippen LogP contribution in [-0.2, 0) is 16.1 Å². The van der Waals surface area contributed by atoms with Crippen molar-refractivity contribution in [2.45, 2.75) is 32.9 Å². The van der Waals surface area contributed by atoms with E-state index < -0.39 is 6.04 Å². The minimum absolute atomic E-state index is 0.116. The summed E-state index contributed by atoms with van der Waals surface area (Å²) in [6.45, 7) is 5.60. The summed E-state index contributed by atoms with van der Waals surface area (Å²) in [6.07, 6.45) is 0.687. The number of nitrogens with two attached hydrogens (primary N) is 1. The van der Waals surface area contributed by atoms with Crippen LogP contribution in [0.2, 0.25) is 0 Å². The molecule has 0 saturated heterocycles. The number of hydrogen-bond donors (Lipinski definition) is 2. The molecule has 0 aliphatic carbocycles. The first-order valence-electron chi connectivity index (χ1n) is 7.27. The van der Waals surface area contributed by atoms with Crippen molar-refractivity contribution in [1.82, 2.24) is 5.32 Å². The SMILES string of the molecule is COCCOc1cccc(CNC(=O)[C@@H](N)CC(C)C)c1. The molecule has 118 valence electrons. The number of carbonyl (C=O) groups is 1. The molecule has 0 bridgehead atoms. The van der Waals surface area contributed by atoms with Gasteiger partial charge in [0.15, 0.2) is 0 Å². The van der Waals surface area contributed by atoms with E-state index in [0.29, 0.717) is 32.1 Å². The van der Waals surface area contributed by atoms with Crippen molar-refractivity contribution in [2.75, 3.05) is 20.3 Å². The first-order chi connectivity index (χ1) is 10.0. The number of methoxy groups -OCH3 is 1. The Morgan fingerprint density at radius 1 is 1.33 bits per heavy atom. The number of hydrogen-bond acceptors (Lipinski definition) is 4. The summed E-state index contributed by atoms with van der Waals surface area (Å²) in [5.74, 6) is 1.06. The lowest BCUT2D eigenvalue weighted by Crippen LogP contribution is -2.41. The molecule has 1 atom stereocenters. The molecule has 21 heavy (non-hydrogen) atoms. The van der Waals surface area contributed by atoms with Gasteiger partial charge in [-0.15, -0.1) is 0 Å². The van der Waals surface area contributed by atoms with Crippen molar-refractivity contribution >= 4 is 5.91 Å². The Labute approximate surface area is 126 Å². The van der Waals surface area contributed by atoms with Crippen LogP contribution in [0, 0.1) is 5.92 Å². The van der Waals surface area contributed by atoms with Crippen molar-refractivity contribution in [3.63, 3.8) is 0 Å². The van der Waals surface area contributed by atoms with Crippen LogP contribution in [0.5, 0.6) is 5.75 Å². The normalized spacial score (nSPS) is 12.2. The van der Waals surface area contributed by atoms with E-state index in [1.807, 2.05) is 38.1 Å². The predicted molar refractivity (Wildman–Crippen MR) is 83.1 cm³/mol. The van der Waals surface area contributed by atoms with Crippen LogP contribution >= 0.6 is 0 Å². The van der Waals surface area contributed by atoms with Gasteiger partial charge in [0.2, 0.25) is 5.91 Å². The van der Waals surface area contributed by atoms with Crippen molar-refractivity contribution in [2.24, 2.45) is 11.7 Å². The van der Waals surface area contributed by atoms with E-state index in [4.69, 9.17) is 15.2 Å². The summed E-state index contributed by atoms with van der Waals surface area (Å²) in [5.41, 5.74) is 6.82. The topological polar surface area (TPSA) is 73.6 Å². The number of benzene rings is 1. The number of ether oxygens (including phenoxy) is 2. The van der Waals surface area contributed by atoms with Gasteiger partial charge in [0.05, 0.1) is 12.6 Å². The maximum atomic E-state index is 11.9. The summed E-state index contributed by atoms with van der Waals surface area (Å²) >= 11 is 0. The van der Waals surface area contributed by atoms with Gasteiger partial charge in [-0.3, -0.25) is 4.79 Å². The minimum Gasteiger partial charge on any atom is -0.491 e. The van der Waals surface area contributed by atoms with E-state index in [-0.39, 0.29) is 5.91 Å². The Bertz CT molecular complexity index is 435. The zero-order valence-corrected chi connectivity index (χ0v) is 13.1. The first-order valence-corrected chi connectivity index (χ1v) is 7.27. The van der Waals surface area contributed by atoms with E-state index in [9.17, 15) is 4.79 Å². The van der Waals surface area contributed by atoms with E-state index >= 15 is 0 Å². The third-order valence-corrected chi connectivity index (χ3v) is 2.98. The molecular formula is C16H26N2O3. The summed E-state index contributed by atoms with van der Waals surface area (Å²) in [4.78, 5) is 11.9. The van der Waals surface area contributed by atoms with Crippen LogP contribution < -0.4 is 15.8 Å². The van der Waals surface area contributed by atoms with E-state index in [0.717, 1.165) is 11.3 Å². The molecule has 1 rings (SSSR count). The Kier molecular flexibility index (Phi) is 7.79. The van der Waals surface area contributed by atoms with Gasteiger partial charge in [-0.25, -0.2) is 0 Å². The third-order valence-electron chi connectivity index (χ3n) is 2.98. The summed E-state index contributed by atoms with van der Waals surface area (Å²) in [5, 5.41) is 2.85. The largest absolute Gasteiger partial charge is 0.491 e. The zero-order valence-electron chi connectivity index (χ0n) is 13.1. The highest BCUT2D eigenvalue weighted by Gasteiger charge is 2.14. The zero-order chi connectivity index (χ0) is 15.7. The average molecular weight is 294 g/mol. The lowest BCUT2D eigenvalue weighted by molar-refractivity contribution is -0.122. The van der Waals surface area contributed by atoms with Gasteiger partial charge >= 0.3 is 0 Å². The van der Waals surface area contributed by atoms with Gasteiger partial charge in [0.25, 0.3) is 0 Å². The second-order valence-corrected chi connectivity index (χ2v) is 5.44. The second-order valence-electron chi connectivity index (χ2n) is 5.44. The molecule has 0 saturated carbocycles. The maximum Gasteiger partial charge on any atom is 0.237 e. The van der Waals surface area contributed by atoms with Gasteiger partial charge in [0, 0.05) is 13.7 Å². The fourth-order valence-corrected chi connectivity index (χ4v) is 1.92. The highest BCUT2D eigenvalue weighted by molar-refractivity contribution is 5.81. The molecule has 1 aromatic rings. The number of nitrogens with one attached hydrogen (secondary N) is 1. The molecule has 1 aromatic carbocycles. The molecule has 0 spiro atoms. The minimum atomic E-state index is -0.453. The number of rotatable bonds is 9. The van der Waals surface area contributed by atoms with Crippen molar-refractivity contribution in [3.8, 4) is 5.75 Å². The van der Waals surface area contributed by atoms with E-state index in [2.05, 4.69) is 5.32 Å². The molecule has 0 fully saturated rings. The Morgan fingerprint density at radius 3 is 2.76 bits per heavy atom. The summed E-state index contributed by atoms with van der Waals surface area (Å²) < 4.78 is 10.5. The molecule has 5 heteroatoms. The first kappa shape index (κ1) is 17.5. The molecule has 5 nitrogen and oxygen atoms in total. The fourth-order valence-electron chi connectivity index (χ4n) is 1.92. The lowest BCUT2D eigenvalue weighted by Gasteiger charge is -2.14. The van der Waals surface area contributed by atoms with Crippen LogP contribution in [0.4, 0.5) is 0 Å². The van der Waals surface area contributed by atoms with Gasteiger partial charge < -0.3 is 20.5 Å². The van der Waals surface area contributed by atoms with E-state index in [1.54, 1.807) is 7.11 Å². The fraction of sp³-hybridized carbons (Fsp3) is 0.562. The predicted octanol–water partition coefficient (Wildman–Crippen LogP) is 1.70. The van der Waals surface area contributed by atoms with Crippen molar-refractivity contribution in [3.05, 3.63) is 29.8 Å². The summed E-state index contributed by atoms with van der Waals surface area (Å²) in [6, 6.07) is 7.18. The summed E-state index contributed by atoms with van der Waals surface area (Å²) in [7, 11) is 1.63. The van der Waals surface area contributed by atoms with Gasteiger partial charge in [-0.2, -0.15) is 0 Å². The van der Waals surface area contributed by atoms with Crippen LogP contribution in [0.3, 0.4) is 0 Å². The molecule has 1 amide bonds. The lowest BCUT2D eigenvalue weighted by atomic mass is 10.0. The molecule has 0 aliphatic rings. The van der Waals surface area contributed by atoms with Gasteiger partial charge in [-0.05, 0) is 30.0 Å². The molecule has 0 radical (unpaired) electrons. The average Bonchev–Trinajstić information content (AvgIpc) is 2.45. The highest BCUT2D eigenvalue weighted by Crippen LogP contribution is 2.13. The highest BCUT2D eigenvalue weighted by atomic mass is 16.5. The van der Waals surface area contributed by atoms with Crippen molar-refractivity contribution < 1.29 is 14.3 Å². The molecule has 0 aliphatic heterocycles. The Balaban J connectivity index is 2.44. The monoisotopic (exact) mass is 294 g/mol. The van der Waals surface area contributed by atoms with Gasteiger partial charge in [-0.1, -0.05) is 26.0 Å². The molecular weight excluding hydrogens is 268 g/mol. The van der Waals surface area contributed by atoms with E-state index in [1.165, 1.54) is 0 Å². The standard InChI is InChI=1S/C16H26N2O3/c1-12(2)9-15(17)16(19)18-11-13-5-4-6-14(10-13)21-8-7-20-3/h4-6,10,12,15H,7-9,11,17H2,1-3H3,(H,18,19)/t15-/m0/s1. The van der Waals surface area contributed by atoms with Crippen molar-refractivity contribution in [1.29, 1.82) is 0 Å². The van der Waals surface area contributed by atoms with Crippen LogP contribution in [0.15, 0.2) is 24.3 Å². The quantitative estimate of drug-likeness (QED) is 0.680. The molecule has 0 heterocycles. The van der Waals surface area contributed by atoms with Crippen LogP contribution in [0.25, 0.3) is 0 Å². The Hall–Kier alpha value is -1.59.